The highest BCUT2D eigenvalue weighted by atomic mass is 35.5. The second-order valence-corrected chi connectivity index (χ2v) is 5.44. The van der Waals surface area contributed by atoms with E-state index in [1.54, 1.807) is 0 Å². The molecule has 1 heterocycles. The minimum atomic E-state index is 0. The topological polar surface area (TPSA) is 35.6 Å². The first-order valence-corrected chi connectivity index (χ1v) is 7.48. The van der Waals surface area contributed by atoms with E-state index in [9.17, 15) is 4.79 Å². The van der Waals surface area contributed by atoms with Crippen molar-refractivity contribution < 1.29 is 17.2 Å². The zero-order valence-corrected chi connectivity index (χ0v) is 13.7. The van der Waals surface area contributed by atoms with E-state index in [1.165, 1.54) is 5.56 Å². The first-order chi connectivity index (χ1) is 9.67. The third-order valence-corrected chi connectivity index (χ3v) is 3.90. The van der Waals surface area contributed by atoms with Gasteiger partial charge in [-0.25, -0.2) is 0 Å². The van der Waals surface area contributed by atoms with Gasteiger partial charge in [0, 0.05) is 44.8 Å². The second kappa shape index (κ2) is 9.03. The maximum Gasteiger partial charge on any atom is 0.225 e. The number of nitrogens with zero attached hydrogens (tertiary/aromatic N) is 2. The van der Waals surface area contributed by atoms with E-state index in [-0.39, 0.29) is 18.3 Å². The van der Waals surface area contributed by atoms with Crippen molar-refractivity contribution in [3.8, 4) is 0 Å². The number of aryl methyl sites for hydroxylation is 1. The van der Waals surface area contributed by atoms with Gasteiger partial charge in [-0.2, -0.15) is 0 Å². The van der Waals surface area contributed by atoms with Crippen molar-refractivity contribution in [2.75, 3.05) is 44.6 Å². The molecule has 1 amide bonds. The number of benzene rings is 1. The fourth-order valence-electron chi connectivity index (χ4n) is 2.45. The number of carbonyl (C=O) groups excluding carboxylic acids is 1. The molecule has 21 heavy (non-hydrogen) atoms. The van der Waals surface area contributed by atoms with Gasteiger partial charge in [-0.15, -0.1) is 0 Å². The summed E-state index contributed by atoms with van der Waals surface area (Å²) in [5.74, 6) is 0.103. The lowest BCUT2D eigenvalue weighted by Crippen LogP contribution is -3.00. The fourth-order valence-corrected chi connectivity index (χ4v) is 2.45. The lowest BCUT2D eigenvalue weighted by Gasteiger charge is -2.33. The summed E-state index contributed by atoms with van der Waals surface area (Å²) in [5.41, 5.74) is 2.09. The van der Waals surface area contributed by atoms with Crippen LogP contribution in [0.15, 0.2) is 24.3 Å². The minimum Gasteiger partial charge on any atom is -1.00 e. The van der Waals surface area contributed by atoms with Crippen molar-refractivity contribution >= 4 is 11.6 Å². The van der Waals surface area contributed by atoms with Gasteiger partial charge < -0.3 is 27.5 Å². The Hall–Kier alpha value is -1.10. The molecule has 1 aromatic carbocycles. The Kier molecular flexibility index (Phi) is 7.72. The van der Waals surface area contributed by atoms with Gasteiger partial charge in [0.25, 0.3) is 0 Å². The van der Waals surface area contributed by atoms with Crippen LogP contribution in [0.2, 0.25) is 0 Å². The smallest absolute Gasteiger partial charge is 0.225 e. The van der Waals surface area contributed by atoms with Crippen LogP contribution in [0.5, 0.6) is 0 Å². The molecule has 1 fully saturated rings. The Bertz CT molecular complexity index is 428. The number of nitrogens with one attached hydrogen (secondary N) is 1. The summed E-state index contributed by atoms with van der Waals surface area (Å²) in [5, 5.41) is 2.95. The molecule has 0 atom stereocenters. The molecule has 2 rings (SSSR count). The van der Waals surface area contributed by atoms with Gasteiger partial charge in [-0.3, -0.25) is 4.79 Å². The van der Waals surface area contributed by atoms with Gasteiger partial charge in [0.1, 0.15) is 0 Å². The standard InChI is InChI=1S/C16H25N3O.ClH/c1-3-18-10-12-19(13-11-18)9-8-16(20)17-15-6-4-14(2)5-7-15;/h4-7H,3,8-13H2,1-2H3,(H,17,20);1H/p-1. The van der Waals surface area contributed by atoms with Crippen LogP contribution in [0.3, 0.4) is 0 Å². The van der Waals surface area contributed by atoms with Crippen LogP contribution in [-0.2, 0) is 4.79 Å². The molecule has 0 spiro atoms. The summed E-state index contributed by atoms with van der Waals surface area (Å²) in [4.78, 5) is 16.7. The lowest BCUT2D eigenvalue weighted by molar-refractivity contribution is -0.116. The molecule has 1 aliphatic heterocycles. The number of hydrogen-bond donors (Lipinski definition) is 1. The van der Waals surface area contributed by atoms with Crippen LogP contribution >= 0.6 is 0 Å². The molecule has 0 unspecified atom stereocenters. The van der Waals surface area contributed by atoms with E-state index in [0.717, 1.165) is 45.0 Å². The molecule has 5 heteroatoms. The fraction of sp³-hybridized carbons (Fsp3) is 0.562. The number of hydrogen-bond acceptors (Lipinski definition) is 3. The normalized spacial score (nSPS) is 16.3. The quantitative estimate of drug-likeness (QED) is 0.755. The predicted octanol–water partition coefficient (Wildman–Crippen LogP) is -1.03. The number of likely N-dealkylation sites (N-methyl/N-ethyl adjacent to an activating group) is 1. The van der Waals surface area contributed by atoms with Gasteiger partial charge in [0.15, 0.2) is 0 Å². The molecule has 0 radical (unpaired) electrons. The van der Waals surface area contributed by atoms with Crippen molar-refractivity contribution in [3.05, 3.63) is 29.8 Å². The summed E-state index contributed by atoms with van der Waals surface area (Å²) in [7, 11) is 0. The monoisotopic (exact) mass is 310 g/mol. The van der Waals surface area contributed by atoms with Gasteiger partial charge in [0.05, 0.1) is 0 Å². The lowest BCUT2D eigenvalue weighted by atomic mass is 10.2. The zero-order chi connectivity index (χ0) is 14.4. The molecule has 0 aliphatic carbocycles. The zero-order valence-electron chi connectivity index (χ0n) is 12.9. The number of carbonyl (C=O) groups is 1. The van der Waals surface area contributed by atoms with Crippen LogP contribution in [0, 0.1) is 6.92 Å². The second-order valence-electron chi connectivity index (χ2n) is 5.44. The Morgan fingerprint density at radius 1 is 1.10 bits per heavy atom. The molecule has 1 aromatic rings. The number of rotatable bonds is 5. The maximum absolute atomic E-state index is 11.9. The van der Waals surface area contributed by atoms with Gasteiger partial charge in [-0.1, -0.05) is 24.6 Å². The van der Waals surface area contributed by atoms with Crippen LogP contribution in [0.4, 0.5) is 5.69 Å². The highest BCUT2D eigenvalue weighted by Crippen LogP contribution is 2.09. The van der Waals surface area contributed by atoms with E-state index < -0.39 is 0 Å². The molecular weight excluding hydrogens is 286 g/mol. The summed E-state index contributed by atoms with van der Waals surface area (Å²) < 4.78 is 0. The van der Waals surface area contributed by atoms with Gasteiger partial charge >= 0.3 is 0 Å². The Morgan fingerprint density at radius 3 is 2.24 bits per heavy atom. The largest absolute Gasteiger partial charge is 1.00 e. The summed E-state index contributed by atoms with van der Waals surface area (Å²) in [6, 6.07) is 7.93. The Morgan fingerprint density at radius 2 is 1.67 bits per heavy atom. The minimum absolute atomic E-state index is 0. The van der Waals surface area contributed by atoms with E-state index >= 15 is 0 Å². The molecule has 1 saturated heterocycles. The predicted molar refractivity (Wildman–Crippen MR) is 83.0 cm³/mol. The molecule has 1 N–H and O–H groups in total. The average molecular weight is 311 g/mol. The van der Waals surface area contributed by atoms with Crippen LogP contribution in [0.25, 0.3) is 0 Å². The molecule has 1 aliphatic rings. The SMILES string of the molecule is CCN1CCN(CCC(=O)Nc2ccc(C)cc2)CC1.[Cl-]. The Balaban J connectivity index is 0.00000220. The highest BCUT2D eigenvalue weighted by molar-refractivity contribution is 5.90. The maximum atomic E-state index is 11.9. The van der Waals surface area contributed by atoms with Crippen molar-refractivity contribution in [2.24, 2.45) is 0 Å². The van der Waals surface area contributed by atoms with Crippen molar-refractivity contribution in [2.45, 2.75) is 20.3 Å². The summed E-state index contributed by atoms with van der Waals surface area (Å²) in [6.07, 6.45) is 0.569. The van der Waals surface area contributed by atoms with Crippen molar-refractivity contribution in [3.63, 3.8) is 0 Å². The molecular formula is C16H25ClN3O-. The molecule has 0 bridgehead atoms. The summed E-state index contributed by atoms with van der Waals surface area (Å²) in [6.45, 7) is 10.6. The van der Waals surface area contributed by atoms with Gasteiger partial charge in [0.2, 0.25) is 5.91 Å². The third-order valence-electron chi connectivity index (χ3n) is 3.90. The van der Waals surface area contributed by atoms with Crippen molar-refractivity contribution in [1.82, 2.24) is 9.80 Å². The summed E-state index contributed by atoms with van der Waals surface area (Å²) >= 11 is 0. The molecule has 118 valence electrons. The van der Waals surface area contributed by atoms with E-state index in [0.29, 0.717) is 6.42 Å². The van der Waals surface area contributed by atoms with E-state index in [4.69, 9.17) is 0 Å². The van der Waals surface area contributed by atoms with Crippen LogP contribution in [0.1, 0.15) is 18.9 Å². The average Bonchev–Trinajstić information content (AvgIpc) is 2.48. The number of halogens is 1. The molecule has 4 nitrogen and oxygen atoms in total. The van der Waals surface area contributed by atoms with Crippen molar-refractivity contribution in [1.29, 1.82) is 0 Å². The van der Waals surface area contributed by atoms with E-state index in [2.05, 4.69) is 22.0 Å². The third kappa shape index (κ3) is 6.04. The first kappa shape index (κ1) is 18.0. The number of amides is 1. The van der Waals surface area contributed by atoms with Crippen LogP contribution in [-0.4, -0.2) is 55.0 Å². The Labute approximate surface area is 133 Å². The van der Waals surface area contributed by atoms with Crippen LogP contribution < -0.4 is 17.7 Å². The number of anilines is 1. The molecule has 0 saturated carbocycles. The van der Waals surface area contributed by atoms with E-state index in [1.807, 2.05) is 31.2 Å². The highest BCUT2D eigenvalue weighted by Gasteiger charge is 2.15. The number of piperazine rings is 1. The molecule has 0 aromatic heterocycles. The van der Waals surface area contributed by atoms with Gasteiger partial charge in [-0.05, 0) is 25.6 Å². The first-order valence-electron chi connectivity index (χ1n) is 7.48.